The molecule has 158 valence electrons. The van der Waals surface area contributed by atoms with Crippen molar-refractivity contribution in [2.24, 2.45) is 5.92 Å². The molecule has 0 spiro atoms. The molecular weight excluding hydrogens is 370 g/mol. The second kappa shape index (κ2) is 8.89. The first-order chi connectivity index (χ1) is 13.8. The van der Waals surface area contributed by atoms with Gasteiger partial charge in [-0.15, -0.1) is 0 Å². The summed E-state index contributed by atoms with van der Waals surface area (Å²) in [5.74, 6) is 1.94. The van der Waals surface area contributed by atoms with E-state index in [0.29, 0.717) is 23.0 Å². The number of methoxy groups -OCH3 is 1. The SMILES string of the molecule is COc1ccc2c(c1/C=C\CCC1CCN(C(=O)OC(C)(C)C)CC1)OCC2=O. The van der Waals surface area contributed by atoms with Gasteiger partial charge in [-0.25, -0.2) is 4.79 Å². The molecule has 1 aromatic rings. The highest BCUT2D eigenvalue weighted by Crippen LogP contribution is 2.37. The van der Waals surface area contributed by atoms with Crippen molar-refractivity contribution in [1.82, 2.24) is 4.90 Å². The Morgan fingerprint density at radius 1 is 1.28 bits per heavy atom. The molecule has 3 rings (SSSR count). The zero-order chi connectivity index (χ0) is 21.0. The third-order valence-electron chi connectivity index (χ3n) is 5.32. The van der Waals surface area contributed by atoms with Crippen molar-refractivity contribution in [2.75, 3.05) is 26.8 Å². The van der Waals surface area contributed by atoms with Gasteiger partial charge in [0.1, 0.15) is 17.1 Å². The van der Waals surface area contributed by atoms with Gasteiger partial charge in [0, 0.05) is 13.1 Å². The number of nitrogens with zero attached hydrogens (tertiary/aromatic N) is 1. The van der Waals surface area contributed by atoms with E-state index in [9.17, 15) is 9.59 Å². The minimum Gasteiger partial charge on any atom is -0.496 e. The lowest BCUT2D eigenvalue weighted by atomic mass is 9.92. The number of amides is 1. The third kappa shape index (κ3) is 5.31. The predicted molar refractivity (Wildman–Crippen MR) is 112 cm³/mol. The number of hydrogen-bond donors (Lipinski definition) is 0. The van der Waals surface area contributed by atoms with E-state index < -0.39 is 5.60 Å². The topological polar surface area (TPSA) is 65.1 Å². The summed E-state index contributed by atoms with van der Waals surface area (Å²) >= 11 is 0. The van der Waals surface area contributed by atoms with Crippen LogP contribution in [0.2, 0.25) is 0 Å². The number of rotatable bonds is 5. The minimum atomic E-state index is -0.453. The second-order valence-electron chi connectivity index (χ2n) is 8.66. The second-order valence-corrected chi connectivity index (χ2v) is 8.66. The molecule has 29 heavy (non-hydrogen) atoms. The molecule has 0 N–H and O–H groups in total. The number of ether oxygens (including phenoxy) is 3. The molecule has 0 aliphatic carbocycles. The van der Waals surface area contributed by atoms with Gasteiger partial charge >= 0.3 is 6.09 Å². The smallest absolute Gasteiger partial charge is 0.410 e. The summed E-state index contributed by atoms with van der Waals surface area (Å²) in [7, 11) is 1.62. The van der Waals surface area contributed by atoms with Crippen LogP contribution in [0.3, 0.4) is 0 Å². The van der Waals surface area contributed by atoms with Crippen LogP contribution in [0.25, 0.3) is 6.08 Å². The molecule has 0 bridgehead atoms. The van der Waals surface area contributed by atoms with Gasteiger partial charge in [0.05, 0.1) is 18.2 Å². The largest absolute Gasteiger partial charge is 0.496 e. The number of likely N-dealkylation sites (tertiary alicyclic amines) is 1. The molecule has 1 amide bonds. The van der Waals surface area contributed by atoms with Crippen LogP contribution in [-0.2, 0) is 4.74 Å². The summed E-state index contributed by atoms with van der Waals surface area (Å²) in [5.41, 5.74) is 1.00. The highest BCUT2D eigenvalue weighted by Gasteiger charge is 2.27. The Balaban J connectivity index is 1.50. The Morgan fingerprint density at radius 2 is 2.00 bits per heavy atom. The molecular formula is C23H31NO5. The summed E-state index contributed by atoms with van der Waals surface area (Å²) in [6.45, 7) is 7.27. The van der Waals surface area contributed by atoms with Crippen LogP contribution >= 0.6 is 0 Å². The van der Waals surface area contributed by atoms with Crippen molar-refractivity contribution in [3.8, 4) is 11.5 Å². The maximum Gasteiger partial charge on any atom is 0.410 e. The van der Waals surface area contributed by atoms with Crippen molar-refractivity contribution in [2.45, 2.75) is 52.1 Å². The van der Waals surface area contributed by atoms with Crippen LogP contribution in [0.1, 0.15) is 62.4 Å². The molecule has 1 fully saturated rings. The lowest BCUT2D eigenvalue weighted by Gasteiger charge is -2.33. The van der Waals surface area contributed by atoms with Crippen LogP contribution in [0.15, 0.2) is 18.2 Å². The normalized spacial score (nSPS) is 17.4. The summed E-state index contributed by atoms with van der Waals surface area (Å²) in [6, 6.07) is 3.58. The summed E-state index contributed by atoms with van der Waals surface area (Å²) in [6.07, 6.45) is 7.88. The number of hydrogen-bond acceptors (Lipinski definition) is 5. The highest BCUT2D eigenvalue weighted by atomic mass is 16.6. The van der Waals surface area contributed by atoms with Crippen molar-refractivity contribution in [3.05, 3.63) is 29.3 Å². The van der Waals surface area contributed by atoms with E-state index in [-0.39, 0.29) is 18.5 Å². The van der Waals surface area contributed by atoms with Crippen LogP contribution in [-0.4, -0.2) is 49.2 Å². The Kier molecular flexibility index (Phi) is 6.50. The monoisotopic (exact) mass is 401 g/mol. The average Bonchev–Trinajstić information content (AvgIpc) is 3.05. The van der Waals surface area contributed by atoms with Crippen LogP contribution < -0.4 is 9.47 Å². The molecule has 2 heterocycles. The van der Waals surface area contributed by atoms with Crippen molar-refractivity contribution >= 4 is 18.0 Å². The third-order valence-corrected chi connectivity index (χ3v) is 5.32. The number of ketones is 1. The number of Topliss-reactive ketones (excluding diaryl/α,β-unsaturated/α-hetero) is 1. The molecule has 2 aliphatic heterocycles. The van der Waals surface area contributed by atoms with Gasteiger partial charge < -0.3 is 19.1 Å². The predicted octanol–water partition coefficient (Wildman–Crippen LogP) is 4.71. The lowest BCUT2D eigenvalue weighted by molar-refractivity contribution is 0.0181. The number of carbonyl (C=O) groups is 2. The molecule has 0 unspecified atom stereocenters. The minimum absolute atomic E-state index is 0.00838. The van der Waals surface area contributed by atoms with Gasteiger partial charge in [0.15, 0.2) is 6.61 Å². The zero-order valence-corrected chi connectivity index (χ0v) is 17.8. The van der Waals surface area contributed by atoms with Gasteiger partial charge in [-0.1, -0.05) is 12.2 Å². The maximum absolute atomic E-state index is 12.2. The first-order valence-corrected chi connectivity index (χ1v) is 10.3. The first kappa shape index (κ1) is 21.2. The van der Waals surface area contributed by atoms with E-state index >= 15 is 0 Å². The van der Waals surface area contributed by atoms with E-state index in [1.165, 1.54) is 0 Å². The van der Waals surface area contributed by atoms with Crippen LogP contribution in [0.4, 0.5) is 4.79 Å². The van der Waals surface area contributed by atoms with Crippen LogP contribution in [0.5, 0.6) is 11.5 Å². The molecule has 2 aliphatic rings. The molecule has 0 aromatic heterocycles. The van der Waals surface area contributed by atoms with E-state index in [2.05, 4.69) is 6.08 Å². The fourth-order valence-corrected chi connectivity index (χ4v) is 3.77. The summed E-state index contributed by atoms with van der Waals surface area (Å²) < 4.78 is 16.5. The van der Waals surface area contributed by atoms with E-state index in [1.807, 2.05) is 37.8 Å². The Bertz CT molecular complexity index is 785. The number of fused-ring (bicyclic) bond motifs is 1. The molecule has 0 saturated carbocycles. The summed E-state index contributed by atoms with van der Waals surface area (Å²) in [5, 5.41) is 0. The van der Waals surface area contributed by atoms with E-state index in [4.69, 9.17) is 14.2 Å². The van der Waals surface area contributed by atoms with Crippen molar-refractivity contribution in [3.63, 3.8) is 0 Å². The van der Waals surface area contributed by atoms with E-state index in [1.54, 1.807) is 13.2 Å². The zero-order valence-electron chi connectivity index (χ0n) is 17.8. The van der Waals surface area contributed by atoms with E-state index in [0.717, 1.165) is 44.3 Å². The number of piperidine rings is 1. The molecule has 6 nitrogen and oxygen atoms in total. The molecule has 1 aromatic carbocycles. The first-order valence-electron chi connectivity index (χ1n) is 10.3. The van der Waals surface area contributed by atoms with Crippen molar-refractivity contribution in [1.29, 1.82) is 0 Å². The highest BCUT2D eigenvalue weighted by molar-refractivity contribution is 6.03. The maximum atomic E-state index is 12.2. The standard InChI is InChI=1S/C23H31NO5/c1-23(2,3)29-22(26)24-13-11-16(12-14-24)7-5-6-8-18-20(27-4)10-9-17-19(25)15-28-21(17)18/h6,8-10,16H,5,7,11-15H2,1-4H3/b8-6-. The molecule has 6 heteroatoms. The number of allylic oxidation sites excluding steroid dienone is 1. The number of carbonyl (C=O) groups excluding carboxylic acids is 2. The van der Waals surface area contributed by atoms with Crippen LogP contribution in [0, 0.1) is 5.92 Å². The van der Waals surface area contributed by atoms with Gasteiger partial charge in [0.25, 0.3) is 0 Å². The fraction of sp³-hybridized carbons (Fsp3) is 0.565. The number of benzene rings is 1. The quantitative estimate of drug-likeness (QED) is 0.715. The van der Waals surface area contributed by atoms with Gasteiger partial charge in [-0.2, -0.15) is 0 Å². The lowest BCUT2D eigenvalue weighted by Crippen LogP contribution is -2.41. The van der Waals surface area contributed by atoms with Gasteiger partial charge in [0.2, 0.25) is 5.78 Å². The molecule has 1 saturated heterocycles. The Labute approximate surface area is 172 Å². The average molecular weight is 402 g/mol. The Morgan fingerprint density at radius 3 is 2.66 bits per heavy atom. The van der Waals surface area contributed by atoms with Crippen molar-refractivity contribution < 1.29 is 23.8 Å². The van der Waals surface area contributed by atoms with Gasteiger partial charge in [-0.05, 0) is 64.5 Å². The molecule has 0 radical (unpaired) electrons. The Hall–Kier alpha value is -2.50. The summed E-state index contributed by atoms with van der Waals surface area (Å²) in [4.78, 5) is 25.8. The van der Waals surface area contributed by atoms with Gasteiger partial charge in [-0.3, -0.25) is 4.79 Å². The fourth-order valence-electron chi connectivity index (χ4n) is 3.77. The molecule has 0 atom stereocenters.